The lowest BCUT2D eigenvalue weighted by atomic mass is 9.67. The smallest absolute Gasteiger partial charge is 0.110 e. The van der Waals surface area contributed by atoms with E-state index in [0.717, 1.165) is 17.4 Å². The van der Waals surface area contributed by atoms with Gasteiger partial charge in [0, 0.05) is 5.92 Å². The van der Waals surface area contributed by atoms with E-state index in [1.807, 2.05) is 0 Å². The summed E-state index contributed by atoms with van der Waals surface area (Å²) in [4.78, 5) is 8.45. The van der Waals surface area contributed by atoms with Crippen LogP contribution in [0.4, 0.5) is 0 Å². The normalized spacial score (nSPS) is 30.4. The Morgan fingerprint density at radius 1 is 1.05 bits per heavy atom. The van der Waals surface area contributed by atoms with E-state index in [2.05, 4.69) is 30.1 Å². The SMILES string of the molecule is Cc1ccc2nc(C3CCC4CCCCC4C3)[nH]c2c1. The summed E-state index contributed by atoms with van der Waals surface area (Å²) in [5.41, 5.74) is 3.66. The van der Waals surface area contributed by atoms with E-state index in [-0.39, 0.29) is 0 Å². The van der Waals surface area contributed by atoms with Gasteiger partial charge in [0.1, 0.15) is 5.82 Å². The second-order valence-corrected chi connectivity index (χ2v) is 6.96. The first-order valence-corrected chi connectivity index (χ1v) is 8.26. The molecule has 0 spiro atoms. The molecule has 2 aliphatic carbocycles. The summed E-state index contributed by atoms with van der Waals surface area (Å²) >= 11 is 0. The summed E-state index contributed by atoms with van der Waals surface area (Å²) in [6.45, 7) is 2.15. The first kappa shape index (κ1) is 12.4. The maximum absolute atomic E-state index is 4.86. The standard InChI is InChI=1S/C18H24N2/c1-12-6-9-16-17(10-12)20-18(19-16)15-8-7-13-4-2-3-5-14(13)11-15/h6,9-10,13-15H,2-5,7-8,11H2,1H3,(H,19,20). The molecule has 0 aliphatic heterocycles. The second-order valence-electron chi connectivity index (χ2n) is 6.96. The van der Waals surface area contributed by atoms with Crippen molar-refractivity contribution in [2.45, 2.75) is 57.8 Å². The van der Waals surface area contributed by atoms with Crippen LogP contribution < -0.4 is 0 Å². The molecule has 1 aromatic heterocycles. The lowest BCUT2D eigenvalue weighted by Gasteiger charge is -2.38. The van der Waals surface area contributed by atoms with Crippen LogP contribution in [0.3, 0.4) is 0 Å². The molecule has 2 nitrogen and oxygen atoms in total. The van der Waals surface area contributed by atoms with Crippen LogP contribution in [0, 0.1) is 18.8 Å². The van der Waals surface area contributed by atoms with Gasteiger partial charge >= 0.3 is 0 Å². The molecule has 2 heteroatoms. The Morgan fingerprint density at radius 3 is 2.80 bits per heavy atom. The number of aryl methyl sites for hydroxylation is 1. The maximum Gasteiger partial charge on any atom is 0.110 e. The lowest BCUT2D eigenvalue weighted by molar-refractivity contribution is 0.153. The van der Waals surface area contributed by atoms with Gasteiger partial charge in [-0.25, -0.2) is 4.98 Å². The topological polar surface area (TPSA) is 28.7 Å². The predicted octanol–water partition coefficient (Wildman–Crippen LogP) is 4.95. The number of nitrogens with one attached hydrogen (secondary N) is 1. The number of H-pyrrole nitrogens is 1. The Balaban J connectivity index is 1.59. The van der Waals surface area contributed by atoms with Crippen molar-refractivity contribution in [3.63, 3.8) is 0 Å². The number of aromatic nitrogens is 2. The Bertz CT molecular complexity index is 613. The minimum atomic E-state index is 0.669. The summed E-state index contributed by atoms with van der Waals surface area (Å²) in [6.07, 6.45) is 9.98. The molecule has 2 aromatic rings. The summed E-state index contributed by atoms with van der Waals surface area (Å²) in [5, 5.41) is 0. The van der Waals surface area contributed by atoms with Crippen molar-refractivity contribution in [2.24, 2.45) is 11.8 Å². The minimum Gasteiger partial charge on any atom is -0.342 e. The summed E-state index contributed by atoms with van der Waals surface area (Å²) in [6, 6.07) is 6.53. The third kappa shape index (κ3) is 2.15. The molecule has 4 rings (SSSR count). The van der Waals surface area contributed by atoms with Crippen LogP contribution >= 0.6 is 0 Å². The van der Waals surface area contributed by atoms with Gasteiger partial charge in [0.25, 0.3) is 0 Å². The van der Waals surface area contributed by atoms with Crippen LogP contribution in [-0.4, -0.2) is 9.97 Å². The summed E-state index contributed by atoms with van der Waals surface area (Å²) in [5.74, 6) is 3.90. The third-order valence-corrected chi connectivity index (χ3v) is 5.58. The number of nitrogens with zero attached hydrogens (tertiary/aromatic N) is 1. The van der Waals surface area contributed by atoms with Crippen LogP contribution in [0.15, 0.2) is 18.2 Å². The fraction of sp³-hybridized carbons (Fsp3) is 0.611. The Morgan fingerprint density at radius 2 is 1.90 bits per heavy atom. The molecular weight excluding hydrogens is 244 g/mol. The molecule has 3 unspecified atom stereocenters. The monoisotopic (exact) mass is 268 g/mol. The van der Waals surface area contributed by atoms with Crippen molar-refractivity contribution in [2.75, 3.05) is 0 Å². The van der Waals surface area contributed by atoms with Crippen LogP contribution in [0.25, 0.3) is 11.0 Å². The van der Waals surface area contributed by atoms with E-state index in [1.54, 1.807) is 0 Å². The van der Waals surface area contributed by atoms with Crippen molar-refractivity contribution in [1.82, 2.24) is 9.97 Å². The molecule has 0 radical (unpaired) electrons. The van der Waals surface area contributed by atoms with Crippen molar-refractivity contribution in [1.29, 1.82) is 0 Å². The maximum atomic E-state index is 4.86. The fourth-order valence-corrected chi connectivity index (χ4v) is 4.46. The van der Waals surface area contributed by atoms with Crippen LogP contribution in [0.1, 0.15) is 62.3 Å². The number of aromatic amines is 1. The van der Waals surface area contributed by atoms with Gasteiger partial charge in [0.05, 0.1) is 11.0 Å². The molecular formula is C18H24N2. The van der Waals surface area contributed by atoms with Gasteiger partial charge in [-0.3, -0.25) is 0 Å². The highest BCUT2D eigenvalue weighted by Crippen LogP contribution is 2.45. The first-order chi connectivity index (χ1) is 9.79. The molecule has 1 N–H and O–H groups in total. The van der Waals surface area contributed by atoms with E-state index in [4.69, 9.17) is 4.98 Å². The molecule has 0 amide bonds. The molecule has 3 atom stereocenters. The highest BCUT2D eigenvalue weighted by Gasteiger charge is 2.33. The van der Waals surface area contributed by atoms with Crippen molar-refractivity contribution in [3.8, 4) is 0 Å². The highest BCUT2D eigenvalue weighted by molar-refractivity contribution is 5.75. The molecule has 1 heterocycles. The van der Waals surface area contributed by atoms with Gasteiger partial charge in [-0.15, -0.1) is 0 Å². The summed E-state index contributed by atoms with van der Waals surface area (Å²) in [7, 11) is 0. The zero-order valence-corrected chi connectivity index (χ0v) is 12.4. The van der Waals surface area contributed by atoms with Gasteiger partial charge in [-0.1, -0.05) is 31.7 Å². The van der Waals surface area contributed by atoms with E-state index >= 15 is 0 Å². The number of hydrogen-bond acceptors (Lipinski definition) is 1. The Kier molecular flexibility index (Phi) is 3.05. The molecule has 20 heavy (non-hydrogen) atoms. The zero-order chi connectivity index (χ0) is 13.5. The average Bonchev–Trinajstić information content (AvgIpc) is 2.89. The molecule has 0 bridgehead atoms. The average molecular weight is 268 g/mol. The lowest BCUT2D eigenvalue weighted by Crippen LogP contribution is -2.27. The minimum absolute atomic E-state index is 0.669. The fourth-order valence-electron chi connectivity index (χ4n) is 4.46. The molecule has 2 aliphatic rings. The number of imidazole rings is 1. The van der Waals surface area contributed by atoms with E-state index in [9.17, 15) is 0 Å². The quantitative estimate of drug-likeness (QED) is 0.779. The van der Waals surface area contributed by atoms with Crippen molar-refractivity contribution < 1.29 is 0 Å². The van der Waals surface area contributed by atoms with E-state index in [0.29, 0.717) is 5.92 Å². The van der Waals surface area contributed by atoms with Crippen LogP contribution in [0.2, 0.25) is 0 Å². The van der Waals surface area contributed by atoms with Gasteiger partial charge in [-0.2, -0.15) is 0 Å². The first-order valence-electron chi connectivity index (χ1n) is 8.26. The number of benzene rings is 1. The van der Waals surface area contributed by atoms with Crippen molar-refractivity contribution >= 4 is 11.0 Å². The molecule has 106 valence electrons. The molecule has 1 aromatic carbocycles. The Labute approximate surface area is 121 Å². The number of hydrogen-bond donors (Lipinski definition) is 1. The number of fused-ring (bicyclic) bond motifs is 2. The largest absolute Gasteiger partial charge is 0.342 e. The molecule has 0 saturated heterocycles. The zero-order valence-electron chi connectivity index (χ0n) is 12.4. The summed E-state index contributed by atoms with van der Waals surface area (Å²) < 4.78 is 0. The van der Waals surface area contributed by atoms with Crippen molar-refractivity contribution in [3.05, 3.63) is 29.6 Å². The van der Waals surface area contributed by atoms with Gasteiger partial charge in [0.15, 0.2) is 0 Å². The number of rotatable bonds is 1. The van der Waals surface area contributed by atoms with Gasteiger partial charge < -0.3 is 4.98 Å². The second kappa shape index (κ2) is 4.91. The third-order valence-electron chi connectivity index (χ3n) is 5.58. The van der Waals surface area contributed by atoms with Crippen LogP contribution in [-0.2, 0) is 0 Å². The molecule has 2 fully saturated rings. The van der Waals surface area contributed by atoms with Crippen LogP contribution in [0.5, 0.6) is 0 Å². The molecule has 2 saturated carbocycles. The van der Waals surface area contributed by atoms with Gasteiger partial charge in [-0.05, 0) is 55.7 Å². The van der Waals surface area contributed by atoms with Gasteiger partial charge in [0.2, 0.25) is 0 Å². The highest BCUT2D eigenvalue weighted by atomic mass is 14.9. The van der Waals surface area contributed by atoms with E-state index < -0.39 is 0 Å². The van der Waals surface area contributed by atoms with E-state index in [1.165, 1.54) is 61.9 Å². The predicted molar refractivity (Wildman–Crippen MR) is 82.9 cm³/mol. The Hall–Kier alpha value is -1.31.